The molecule has 2 atom stereocenters. The highest BCUT2D eigenvalue weighted by molar-refractivity contribution is 5.66. The second-order valence-corrected chi connectivity index (χ2v) is 2.99. The maximum Gasteiger partial charge on any atom is 0.303 e. The Morgan fingerprint density at radius 2 is 2.54 bits per heavy atom. The van der Waals surface area contributed by atoms with Gasteiger partial charge in [0.05, 0.1) is 6.26 Å². The summed E-state index contributed by atoms with van der Waals surface area (Å²) in [7, 11) is 0. The monoisotopic (exact) mass is 186 g/mol. The SMILES string of the molecule is CC(=O)O[C@H]1COC=C[C@@H]1CCO. The number of carbonyl (C=O) groups is 1. The lowest BCUT2D eigenvalue weighted by molar-refractivity contribution is -0.151. The predicted octanol–water partition coefficient (Wildman–Crippen LogP) is 0.461. The fourth-order valence-electron chi connectivity index (χ4n) is 1.32. The van der Waals surface area contributed by atoms with Crippen molar-refractivity contribution in [1.29, 1.82) is 0 Å². The second kappa shape index (κ2) is 4.87. The molecule has 0 fully saturated rings. The van der Waals surface area contributed by atoms with Gasteiger partial charge in [0.15, 0.2) is 0 Å². The maximum absolute atomic E-state index is 10.7. The highest BCUT2D eigenvalue weighted by atomic mass is 16.6. The van der Waals surface area contributed by atoms with E-state index >= 15 is 0 Å². The van der Waals surface area contributed by atoms with E-state index in [0.29, 0.717) is 13.0 Å². The van der Waals surface area contributed by atoms with Crippen LogP contribution in [-0.4, -0.2) is 30.4 Å². The van der Waals surface area contributed by atoms with E-state index in [4.69, 9.17) is 14.6 Å². The van der Waals surface area contributed by atoms with E-state index in [1.807, 2.05) is 6.08 Å². The molecular weight excluding hydrogens is 172 g/mol. The Kier molecular flexibility index (Phi) is 3.76. The summed E-state index contributed by atoms with van der Waals surface area (Å²) in [5.74, 6) is -0.241. The molecule has 4 heteroatoms. The number of hydrogen-bond donors (Lipinski definition) is 1. The Labute approximate surface area is 77.1 Å². The minimum Gasteiger partial charge on any atom is -0.498 e. The standard InChI is InChI=1S/C9H14O4/c1-7(11)13-9-6-12-5-3-8(9)2-4-10/h3,5,8-10H,2,4,6H2,1H3/t8-,9-/m0/s1. The average molecular weight is 186 g/mol. The Bertz CT molecular complexity index is 200. The lowest BCUT2D eigenvalue weighted by Gasteiger charge is -2.26. The summed E-state index contributed by atoms with van der Waals surface area (Å²) in [6.07, 6.45) is 3.74. The van der Waals surface area contributed by atoms with Crippen LogP contribution in [0.3, 0.4) is 0 Å². The first kappa shape index (κ1) is 10.1. The van der Waals surface area contributed by atoms with Gasteiger partial charge in [-0.2, -0.15) is 0 Å². The lowest BCUT2D eigenvalue weighted by atomic mass is 9.98. The Hall–Kier alpha value is -1.03. The fraction of sp³-hybridized carbons (Fsp3) is 0.667. The van der Waals surface area contributed by atoms with E-state index in [1.54, 1.807) is 6.26 Å². The van der Waals surface area contributed by atoms with Gasteiger partial charge in [-0.05, 0) is 12.5 Å². The number of aliphatic hydroxyl groups excluding tert-OH is 1. The zero-order valence-corrected chi connectivity index (χ0v) is 7.60. The van der Waals surface area contributed by atoms with Crippen LogP contribution in [-0.2, 0) is 14.3 Å². The molecule has 1 aliphatic rings. The number of ether oxygens (including phenoxy) is 2. The van der Waals surface area contributed by atoms with Crippen LogP contribution in [0.15, 0.2) is 12.3 Å². The molecule has 0 saturated heterocycles. The van der Waals surface area contributed by atoms with E-state index in [-0.39, 0.29) is 24.6 Å². The number of hydrogen-bond acceptors (Lipinski definition) is 4. The minimum atomic E-state index is -0.313. The van der Waals surface area contributed by atoms with Gasteiger partial charge in [0.25, 0.3) is 0 Å². The molecule has 0 radical (unpaired) electrons. The zero-order chi connectivity index (χ0) is 9.68. The molecule has 4 nitrogen and oxygen atoms in total. The highest BCUT2D eigenvalue weighted by Crippen LogP contribution is 2.18. The largest absolute Gasteiger partial charge is 0.498 e. The summed E-state index contributed by atoms with van der Waals surface area (Å²) in [4.78, 5) is 10.7. The first-order chi connectivity index (χ1) is 6.24. The van der Waals surface area contributed by atoms with E-state index in [1.165, 1.54) is 6.92 Å². The molecule has 74 valence electrons. The summed E-state index contributed by atoms with van der Waals surface area (Å²) in [6.45, 7) is 1.84. The number of esters is 1. The van der Waals surface area contributed by atoms with Gasteiger partial charge in [-0.15, -0.1) is 0 Å². The maximum atomic E-state index is 10.7. The van der Waals surface area contributed by atoms with Crippen LogP contribution in [0.2, 0.25) is 0 Å². The van der Waals surface area contributed by atoms with Gasteiger partial charge in [-0.3, -0.25) is 4.79 Å². The van der Waals surface area contributed by atoms with E-state index in [9.17, 15) is 4.79 Å². The lowest BCUT2D eigenvalue weighted by Crippen LogP contribution is -2.32. The topological polar surface area (TPSA) is 55.8 Å². The van der Waals surface area contributed by atoms with Crippen LogP contribution in [0.1, 0.15) is 13.3 Å². The number of carbonyl (C=O) groups excluding carboxylic acids is 1. The van der Waals surface area contributed by atoms with Crippen molar-refractivity contribution in [2.45, 2.75) is 19.4 Å². The van der Waals surface area contributed by atoms with Crippen molar-refractivity contribution in [2.75, 3.05) is 13.2 Å². The van der Waals surface area contributed by atoms with Crippen molar-refractivity contribution >= 4 is 5.97 Å². The third kappa shape index (κ3) is 3.06. The van der Waals surface area contributed by atoms with Crippen molar-refractivity contribution in [3.63, 3.8) is 0 Å². The normalized spacial score (nSPS) is 26.6. The van der Waals surface area contributed by atoms with Crippen molar-refractivity contribution in [3.8, 4) is 0 Å². The summed E-state index contributed by atoms with van der Waals surface area (Å²) in [6, 6.07) is 0. The third-order valence-electron chi connectivity index (χ3n) is 1.94. The van der Waals surface area contributed by atoms with E-state index in [2.05, 4.69) is 0 Å². The fourth-order valence-corrected chi connectivity index (χ4v) is 1.32. The smallest absolute Gasteiger partial charge is 0.303 e. The molecule has 1 aliphatic heterocycles. The van der Waals surface area contributed by atoms with Crippen LogP contribution >= 0.6 is 0 Å². The van der Waals surface area contributed by atoms with Gasteiger partial charge >= 0.3 is 5.97 Å². The Balaban J connectivity index is 2.49. The molecule has 0 spiro atoms. The quantitative estimate of drug-likeness (QED) is 0.650. The predicted molar refractivity (Wildman–Crippen MR) is 45.8 cm³/mol. The first-order valence-electron chi connectivity index (χ1n) is 4.30. The van der Waals surface area contributed by atoms with E-state index < -0.39 is 0 Å². The zero-order valence-electron chi connectivity index (χ0n) is 7.60. The van der Waals surface area contributed by atoms with Crippen LogP contribution < -0.4 is 0 Å². The third-order valence-corrected chi connectivity index (χ3v) is 1.94. The molecule has 0 aromatic heterocycles. The Morgan fingerprint density at radius 3 is 3.15 bits per heavy atom. The van der Waals surface area contributed by atoms with E-state index in [0.717, 1.165) is 0 Å². The highest BCUT2D eigenvalue weighted by Gasteiger charge is 2.24. The van der Waals surface area contributed by atoms with Gasteiger partial charge in [-0.1, -0.05) is 0 Å². The molecule has 1 rings (SSSR count). The molecule has 0 aliphatic carbocycles. The summed E-state index contributed by atoms with van der Waals surface area (Å²) >= 11 is 0. The molecule has 0 unspecified atom stereocenters. The molecule has 0 aromatic rings. The number of rotatable bonds is 3. The molecule has 0 amide bonds. The van der Waals surface area contributed by atoms with Crippen LogP contribution in [0.4, 0.5) is 0 Å². The Morgan fingerprint density at radius 1 is 1.77 bits per heavy atom. The minimum absolute atomic E-state index is 0.0719. The van der Waals surface area contributed by atoms with Crippen LogP contribution in [0, 0.1) is 5.92 Å². The van der Waals surface area contributed by atoms with Crippen molar-refractivity contribution in [2.24, 2.45) is 5.92 Å². The second-order valence-electron chi connectivity index (χ2n) is 2.99. The molecule has 0 bridgehead atoms. The van der Waals surface area contributed by atoms with Crippen LogP contribution in [0.5, 0.6) is 0 Å². The number of aliphatic hydroxyl groups is 1. The molecular formula is C9H14O4. The molecule has 0 aromatic carbocycles. The van der Waals surface area contributed by atoms with Crippen molar-refractivity contribution in [3.05, 3.63) is 12.3 Å². The summed E-state index contributed by atoms with van der Waals surface area (Å²) in [5.41, 5.74) is 0. The molecule has 1 heterocycles. The summed E-state index contributed by atoms with van der Waals surface area (Å²) in [5, 5.41) is 8.76. The van der Waals surface area contributed by atoms with Crippen molar-refractivity contribution < 1.29 is 19.4 Å². The molecule has 1 N–H and O–H groups in total. The van der Waals surface area contributed by atoms with Gasteiger partial charge in [0.1, 0.15) is 12.7 Å². The van der Waals surface area contributed by atoms with Gasteiger partial charge in [-0.25, -0.2) is 0 Å². The van der Waals surface area contributed by atoms with Gasteiger partial charge in [0, 0.05) is 19.4 Å². The molecule has 13 heavy (non-hydrogen) atoms. The summed E-state index contributed by atoms with van der Waals surface area (Å²) < 4.78 is 10.1. The average Bonchev–Trinajstić information content (AvgIpc) is 2.08. The van der Waals surface area contributed by atoms with Crippen molar-refractivity contribution in [1.82, 2.24) is 0 Å². The van der Waals surface area contributed by atoms with Gasteiger partial charge in [0.2, 0.25) is 0 Å². The van der Waals surface area contributed by atoms with Gasteiger partial charge < -0.3 is 14.6 Å². The van der Waals surface area contributed by atoms with Crippen LogP contribution in [0.25, 0.3) is 0 Å². The molecule has 0 saturated carbocycles. The first-order valence-corrected chi connectivity index (χ1v) is 4.30.